The lowest BCUT2D eigenvalue weighted by Gasteiger charge is -2.13. The molecule has 4 heteroatoms. The predicted octanol–water partition coefficient (Wildman–Crippen LogP) is 4.81. The number of nitrogens with two attached hydrogens (primary N) is 1. The Morgan fingerprint density at radius 1 is 1.19 bits per heavy atom. The van der Waals surface area contributed by atoms with E-state index in [2.05, 4.69) is 30.3 Å². The van der Waals surface area contributed by atoms with Crippen molar-refractivity contribution >= 4 is 33.7 Å². The zero-order valence-corrected chi connectivity index (χ0v) is 13.2. The lowest BCUT2D eigenvalue weighted by Crippen LogP contribution is -2.11. The van der Waals surface area contributed by atoms with Gasteiger partial charge in [-0.3, -0.25) is 0 Å². The van der Waals surface area contributed by atoms with Crippen LogP contribution in [0.4, 0.5) is 0 Å². The number of methoxy groups -OCH3 is 1. The van der Waals surface area contributed by atoms with E-state index in [0.29, 0.717) is 0 Å². The lowest BCUT2D eigenvalue weighted by molar-refractivity contribution is 0.415. The first-order chi connectivity index (χ1) is 10.2. The molecule has 1 atom stereocenters. The SMILES string of the molecule is COc1ccc2cccc(CC(N)c3ccc(Cl)s3)c2c1. The highest BCUT2D eigenvalue weighted by Crippen LogP contribution is 2.30. The Labute approximate surface area is 133 Å². The van der Waals surface area contributed by atoms with Crippen LogP contribution in [0.3, 0.4) is 0 Å². The second kappa shape index (κ2) is 6.06. The van der Waals surface area contributed by atoms with Crippen molar-refractivity contribution in [3.8, 4) is 5.75 Å². The smallest absolute Gasteiger partial charge is 0.119 e. The van der Waals surface area contributed by atoms with Crippen LogP contribution in [-0.2, 0) is 6.42 Å². The summed E-state index contributed by atoms with van der Waals surface area (Å²) in [5.41, 5.74) is 7.55. The summed E-state index contributed by atoms with van der Waals surface area (Å²) in [6.07, 6.45) is 0.779. The molecule has 0 bridgehead atoms. The van der Waals surface area contributed by atoms with Crippen LogP contribution in [0.2, 0.25) is 4.34 Å². The molecule has 0 saturated heterocycles. The van der Waals surface area contributed by atoms with Crippen LogP contribution >= 0.6 is 22.9 Å². The average molecular weight is 318 g/mol. The zero-order valence-electron chi connectivity index (χ0n) is 11.7. The summed E-state index contributed by atoms with van der Waals surface area (Å²) in [4.78, 5) is 1.11. The molecule has 21 heavy (non-hydrogen) atoms. The van der Waals surface area contributed by atoms with E-state index in [0.717, 1.165) is 21.4 Å². The maximum atomic E-state index is 6.32. The summed E-state index contributed by atoms with van der Waals surface area (Å²) in [7, 11) is 1.68. The number of rotatable bonds is 4. The van der Waals surface area contributed by atoms with Gasteiger partial charge in [0.25, 0.3) is 0 Å². The van der Waals surface area contributed by atoms with E-state index >= 15 is 0 Å². The van der Waals surface area contributed by atoms with E-state index in [4.69, 9.17) is 22.1 Å². The van der Waals surface area contributed by atoms with Crippen molar-refractivity contribution in [2.75, 3.05) is 7.11 Å². The van der Waals surface area contributed by atoms with E-state index in [1.807, 2.05) is 18.2 Å². The third-order valence-corrected chi connectivity index (χ3v) is 4.94. The average Bonchev–Trinajstić information content (AvgIpc) is 2.94. The van der Waals surface area contributed by atoms with E-state index in [9.17, 15) is 0 Å². The Morgan fingerprint density at radius 2 is 2.05 bits per heavy atom. The molecule has 0 spiro atoms. The first kappa shape index (κ1) is 14.4. The van der Waals surface area contributed by atoms with Gasteiger partial charge in [0.1, 0.15) is 5.75 Å². The van der Waals surface area contributed by atoms with E-state index in [1.54, 1.807) is 18.4 Å². The van der Waals surface area contributed by atoms with Gasteiger partial charge >= 0.3 is 0 Å². The van der Waals surface area contributed by atoms with Gasteiger partial charge in [-0.25, -0.2) is 0 Å². The Kier molecular flexibility index (Phi) is 4.15. The van der Waals surface area contributed by atoms with E-state index < -0.39 is 0 Å². The molecule has 1 aromatic heterocycles. The number of ether oxygens (including phenoxy) is 1. The first-order valence-corrected chi connectivity index (χ1v) is 7.93. The number of halogens is 1. The van der Waals surface area contributed by atoms with Gasteiger partial charge in [-0.2, -0.15) is 0 Å². The van der Waals surface area contributed by atoms with Crippen molar-refractivity contribution in [3.05, 3.63) is 63.3 Å². The lowest BCUT2D eigenvalue weighted by atomic mass is 9.98. The van der Waals surface area contributed by atoms with Crippen molar-refractivity contribution < 1.29 is 4.74 Å². The van der Waals surface area contributed by atoms with Crippen molar-refractivity contribution in [2.45, 2.75) is 12.5 Å². The highest BCUT2D eigenvalue weighted by atomic mass is 35.5. The minimum Gasteiger partial charge on any atom is -0.497 e. The summed E-state index contributed by atoms with van der Waals surface area (Å²) in [6.45, 7) is 0. The molecule has 0 aliphatic carbocycles. The molecule has 0 fully saturated rings. The van der Waals surface area contributed by atoms with Gasteiger partial charge in [0, 0.05) is 10.9 Å². The zero-order chi connectivity index (χ0) is 14.8. The number of hydrogen-bond acceptors (Lipinski definition) is 3. The van der Waals surface area contributed by atoms with Gasteiger partial charge in [-0.15, -0.1) is 11.3 Å². The number of benzene rings is 2. The normalized spacial score (nSPS) is 12.5. The summed E-state index contributed by atoms with van der Waals surface area (Å²) in [5.74, 6) is 0.864. The Balaban J connectivity index is 1.96. The molecule has 0 saturated carbocycles. The van der Waals surface area contributed by atoms with Crippen LogP contribution in [0, 0.1) is 0 Å². The van der Waals surface area contributed by atoms with Crippen LogP contribution in [0.25, 0.3) is 10.8 Å². The Morgan fingerprint density at radius 3 is 2.76 bits per heavy atom. The number of hydrogen-bond donors (Lipinski definition) is 1. The molecule has 2 aromatic carbocycles. The molecule has 3 rings (SSSR count). The molecule has 108 valence electrons. The maximum Gasteiger partial charge on any atom is 0.119 e. The van der Waals surface area contributed by atoms with Gasteiger partial charge in [0.2, 0.25) is 0 Å². The highest BCUT2D eigenvalue weighted by Gasteiger charge is 2.12. The molecular weight excluding hydrogens is 302 g/mol. The molecule has 1 heterocycles. The monoisotopic (exact) mass is 317 g/mol. The van der Waals surface area contributed by atoms with Gasteiger partial charge in [0.05, 0.1) is 11.4 Å². The predicted molar refractivity (Wildman–Crippen MR) is 90.5 cm³/mol. The van der Waals surface area contributed by atoms with Crippen molar-refractivity contribution in [3.63, 3.8) is 0 Å². The fraction of sp³-hybridized carbons (Fsp3) is 0.176. The third kappa shape index (κ3) is 3.05. The Hall–Kier alpha value is -1.55. The third-order valence-electron chi connectivity index (χ3n) is 3.58. The molecule has 2 nitrogen and oxygen atoms in total. The molecular formula is C17H16ClNOS. The quantitative estimate of drug-likeness (QED) is 0.749. The largest absolute Gasteiger partial charge is 0.497 e. The van der Waals surface area contributed by atoms with Crippen molar-refractivity contribution in [1.82, 2.24) is 0 Å². The maximum absolute atomic E-state index is 6.32. The van der Waals surface area contributed by atoms with Crippen molar-refractivity contribution in [2.24, 2.45) is 5.73 Å². The van der Waals surface area contributed by atoms with Gasteiger partial charge in [-0.05, 0) is 47.0 Å². The fourth-order valence-corrected chi connectivity index (χ4v) is 3.55. The topological polar surface area (TPSA) is 35.2 Å². The van der Waals surface area contributed by atoms with E-state index in [1.165, 1.54) is 16.3 Å². The standard InChI is InChI=1S/C17H16ClNOS/c1-20-13-6-5-11-3-2-4-12(14(11)10-13)9-15(19)16-7-8-17(18)21-16/h2-8,10,15H,9,19H2,1H3. The summed E-state index contributed by atoms with van der Waals surface area (Å²) < 4.78 is 6.10. The van der Waals surface area contributed by atoms with Crippen LogP contribution < -0.4 is 10.5 Å². The van der Waals surface area contributed by atoms with Gasteiger partial charge in [0.15, 0.2) is 0 Å². The molecule has 2 N–H and O–H groups in total. The van der Waals surface area contributed by atoms with E-state index in [-0.39, 0.29) is 6.04 Å². The second-order valence-corrected chi connectivity index (χ2v) is 6.70. The van der Waals surface area contributed by atoms with Crippen LogP contribution in [0.1, 0.15) is 16.5 Å². The summed E-state index contributed by atoms with van der Waals surface area (Å²) in [5, 5.41) is 2.39. The molecule has 0 aliphatic heterocycles. The molecule has 3 aromatic rings. The molecule has 0 aliphatic rings. The van der Waals surface area contributed by atoms with Gasteiger partial charge < -0.3 is 10.5 Å². The second-order valence-electron chi connectivity index (χ2n) is 4.96. The van der Waals surface area contributed by atoms with Crippen molar-refractivity contribution in [1.29, 1.82) is 0 Å². The van der Waals surface area contributed by atoms with Crippen LogP contribution in [0.5, 0.6) is 5.75 Å². The molecule has 0 amide bonds. The minimum atomic E-state index is -0.0423. The molecule has 1 unspecified atom stereocenters. The van der Waals surface area contributed by atoms with Gasteiger partial charge in [-0.1, -0.05) is 35.9 Å². The Bertz CT molecular complexity index is 768. The molecule has 0 radical (unpaired) electrons. The number of thiophene rings is 1. The fourth-order valence-electron chi connectivity index (χ4n) is 2.49. The summed E-state index contributed by atoms with van der Waals surface area (Å²) in [6, 6.07) is 16.3. The van der Waals surface area contributed by atoms with Crippen LogP contribution in [0.15, 0.2) is 48.5 Å². The minimum absolute atomic E-state index is 0.0423. The number of fused-ring (bicyclic) bond motifs is 1. The first-order valence-electron chi connectivity index (χ1n) is 6.74. The highest BCUT2D eigenvalue weighted by molar-refractivity contribution is 7.16. The van der Waals surface area contributed by atoms with Crippen LogP contribution in [-0.4, -0.2) is 7.11 Å². The summed E-state index contributed by atoms with van der Waals surface area (Å²) >= 11 is 7.53.